The number of anilines is 2. The predicted molar refractivity (Wildman–Crippen MR) is 151 cm³/mol. The lowest BCUT2D eigenvalue weighted by molar-refractivity contribution is 0.416. The van der Waals surface area contributed by atoms with E-state index in [1.807, 2.05) is 23.1 Å². The summed E-state index contributed by atoms with van der Waals surface area (Å²) in [7, 11) is -2.07. The molecule has 0 radical (unpaired) electrons. The van der Waals surface area contributed by atoms with Gasteiger partial charge in [0, 0.05) is 22.4 Å². The van der Waals surface area contributed by atoms with Crippen LogP contribution in [0.25, 0.3) is 11.3 Å². The van der Waals surface area contributed by atoms with E-state index in [0.29, 0.717) is 43.8 Å². The molecule has 0 aliphatic carbocycles. The number of nitrogens with one attached hydrogen (secondary N) is 2. The van der Waals surface area contributed by atoms with E-state index in [0.717, 1.165) is 11.9 Å². The third kappa shape index (κ3) is 5.24. The van der Waals surface area contributed by atoms with Crippen LogP contribution in [-0.4, -0.2) is 31.9 Å². The standard InChI is InChI=1S/C26H22BrFN4O4S2/c1-35-23-14-16(7-9-19(23)31-38(2,33)34)32-25(24(30-26(32)37)20-5-3-4-12-29-20)22-11-10-21(36-22)17-8-6-15(27)13-18(17)28/h3-14,24-25,31H,1-2H3,(H,30,37)/t24-,25+/m0/s1. The normalized spacial score (nSPS) is 17.4. The first-order valence-corrected chi connectivity index (χ1v) is 14.5. The van der Waals surface area contributed by atoms with Crippen molar-refractivity contribution in [3.8, 4) is 17.1 Å². The minimum Gasteiger partial charge on any atom is -0.494 e. The summed E-state index contributed by atoms with van der Waals surface area (Å²) in [5, 5.41) is 3.73. The summed E-state index contributed by atoms with van der Waals surface area (Å²) in [6, 6.07) is 18.0. The lowest BCUT2D eigenvalue weighted by Crippen LogP contribution is -2.29. The molecular formula is C26H22BrFN4O4S2. The highest BCUT2D eigenvalue weighted by molar-refractivity contribution is 9.10. The SMILES string of the molecule is COc1cc(N2C(=S)N[C@@H](c3ccccn3)[C@H]2c2ccc(-c3ccc(Br)cc3F)o2)ccc1NS(C)(=O)=O. The van der Waals surface area contributed by atoms with Gasteiger partial charge in [0.25, 0.3) is 0 Å². The number of ether oxygens (including phenoxy) is 1. The molecule has 2 N–H and O–H groups in total. The van der Waals surface area contributed by atoms with Crippen LogP contribution in [-0.2, 0) is 10.0 Å². The second-order valence-electron chi connectivity index (χ2n) is 8.58. The number of thiocarbonyl (C=S) groups is 1. The number of rotatable bonds is 7. The first kappa shape index (κ1) is 26.1. The van der Waals surface area contributed by atoms with Gasteiger partial charge in [-0.15, -0.1) is 0 Å². The third-order valence-electron chi connectivity index (χ3n) is 5.97. The fourth-order valence-electron chi connectivity index (χ4n) is 4.38. The molecule has 4 aromatic rings. The zero-order valence-corrected chi connectivity index (χ0v) is 23.4. The van der Waals surface area contributed by atoms with Crippen molar-refractivity contribution in [1.29, 1.82) is 0 Å². The molecular weight excluding hydrogens is 595 g/mol. The largest absolute Gasteiger partial charge is 0.494 e. The first-order chi connectivity index (χ1) is 18.1. The number of nitrogens with zero attached hydrogens (tertiary/aromatic N) is 2. The number of furan rings is 1. The summed E-state index contributed by atoms with van der Waals surface area (Å²) in [5.74, 6) is 0.792. The van der Waals surface area contributed by atoms with E-state index in [1.165, 1.54) is 13.2 Å². The highest BCUT2D eigenvalue weighted by Crippen LogP contribution is 2.44. The second kappa shape index (κ2) is 10.4. The van der Waals surface area contributed by atoms with E-state index in [9.17, 15) is 12.8 Å². The summed E-state index contributed by atoms with van der Waals surface area (Å²) < 4.78 is 53.1. The molecule has 8 nitrogen and oxygen atoms in total. The van der Waals surface area contributed by atoms with Crippen LogP contribution < -0.4 is 19.7 Å². The van der Waals surface area contributed by atoms with E-state index in [1.54, 1.807) is 48.7 Å². The average molecular weight is 618 g/mol. The molecule has 5 rings (SSSR count). The van der Waals surface area contributed by atoms with E-state index >= 15 is 0 Å². The molecule has 0 spiro atoms. The molecule has 0 saturated carbocycles. The van der Waals surface area contributed by atoms with Gasteiger partial charge in [-0.25, -0.2) is 12.8 Å². The van der Waals surface area contributed by atoms with Crippen molar-refractivity contribution in [2.24, 2.45) is 0 Å². The Morgan fingerprint density at radius 3 is 2.66 bits per heavy atom. The Hall–Kier alpha value is -3.48. The van der Waals surface area contributed by atoms with Crippen molar-refractivity contribution < 1.29 is 22.0 Å². The predicted octanol–water partition coefficient (Wildman–Crippen LogP) is 5.80. The lowest BCUT2D eigenvalue weighted by atomic mass is 10.0. The molecule has 2 aromatic heterocycles. The topological polar surface area (TPSA) is 96.7 Å². The molecule has 0 bridgehead atoms. The molecule has 196 valence electrons. The van der Waals surface area contributed by atoms with E-state index in [2.05, 4.69) is 31.0 Å². The molecule has 1 saturated heterocycles. The maximum Gasteiger partial charge on any atom is 0.229 e. The van der Waals surface area contributed by atoms with Crippen molar-refractivity contribution in [3.05, 3.63) is 94.7 Å². The zero-order chi connectivity index (χ0) is 27.0. The van der Waals surface area contributed by atoms with Gasteiger partial charge in [0.2, 0.25) is 10.0 Å². The van der Waals surface area contributed by atoms with Gasteiger partial charge in [-0.1, -0.05) is 22.0 Å². The summed E-state index contributed by atoms with van der Waals surface area (Å²) in [6.45, 7) is 0. The van der Waals surface area contributed by atoms with E-state index in [4.69, 9.17) is 21.4 Å². The number of hydrogen-bond donors (Lipinski definition) is 2. The zero-order valence-electron chi connectivity index (χ0n) is 20.2. The number of halogens is 2. The van der Waals surface area contributed by atoms with Crippen molar-refractivity contribution in [2.75, 3.05) is 23.0 Å². The van der Waals surface area contributed by atoms with Crippen molar-refractivity contribution in [1.82, 2.24) is 10.3 Å². The Balaban J connectivity index is 1.60. The van der Waals surface area contributed by atoms with Gasteiger partial charge in [-0.3, -0.25) is 9.71 Å². The van der Waals surface area contributed by atoms with E-state index < -0.39 is 27.9 Å². The van der Waals surface area contributed by atoms with E-state index in [-0.39, 0.29) is 0 Å². The molecule has 12 heteroatoms. The van der Waals surface area contributed by atoms with Gasteiger partial charge < -0.3 is 19.4 Å². The van der Waals surface area contributed by atoms with Crippen LogP contribution in [0.5, 0.6) is 5.75 Å². The Kier molecular flexibility index (Phi) is 7.12. The molecule has 1 fully saturated rings. The number of aromatic nitrogens is 1. The molecule has 1 aliphatic heterocycles. The number of hydrogen-bond acceptors (Lipinski definition) is 6. The second-order valence-corrected chi connectivity index (χ2v) is 11.6. The maximum absolute atomic E-state index is 14.7. The lowest BCUT2D eigenvalue weighted by Gasteiger charge is -2.27. The minimum absolute atomic E-state index is 0.292. The molecule has 38 heavy (non-hydrogen) atoms. The van der Waals surface area contributed by atoms with Crippen LogP contribution in [0.1, 0.15) is 23.5 Å². The number of benzene rings is 2. The summed E-state index contributed by atoms with van der Waals surface area (Å²) >= 11 is 9.02. The van der Waals surface area contributed by atoms with Gasteiger partial charge in [-0.2, -0.15) is 0 Å². The molecule has 3 heterocycles. The quantitative estimate of drug-likeness (QED) is 0.251. The van der Waals surface area contributed by atoms with Crippen molar-refractivity contribution in [2.45, 2.75) is 12.1 Å². The van der Waals surface area contributed by atoms with Crippen LogP contribution in [0, 0.1) is 5.82 Å². The number of methoxy groups -OCH3 is 1. The summed E-state index contributed by atoms with van der Waals surface area (Å²) in [5.41, 5.74) is 1.99. The highest BCUT2D eigenvalue weighted by Gasteiger charge is 2.43. The van der Waals surface area contributed by atoms with Crippen LogP contribution in [0.2, 0.25) is 0 Å². The third-order valence-corrected chi connectivity index (χ3v) is 7.37. The Morgan fingerprint density at radius 1 is 1.16 bits per heavy atom. The van der Waals surface area contributed by atoms with Gasteiger partial charge in [0.05, 0.1) is 36.4 Å². The molecule has 2 atom stereocenters. The Morgan fingerprint density at radius 2 is 1.97 bits per heavy atom. The van der Waals surface area contributed by atoms with Crippen LogP contribution >= 0.6 is 28.1 Å². The Labute approximate surface area is 233 Å². The molecule has 2 aromatic carbocycles. The van der Waals surface area contributed by atoms with Crippen LogP contribution in [0.15, 0.2) is 81.8 Å². The number of sulfonamides is 1. The van der Waals surface area contributed by atoms with Gasteiger partial charge >= 0.3 is 0 Å². The summed E-state index contributed by atoms with van der Waals surface area (Å²) in [6.07, 6.45) is 2.76. The van der Waals surface area contributed by atoms with Crippen molar-refractivity contribution in [3.63, 3.8) is 0 Å². The van der Waals surface area contributed by atoms with Crippen LogP contribution in [0.3, 0.4) is 0 Å². The van der Waals surface area contributed by atoms with Crippen molar-refractivity contribution >= 4 is 54.7 Å². The minimum atomic E-state index is -3.52. The summed E-state index contributed by atoms with van der Waals surface area (Å²) in [4.78, 5) is 6.37. The molecule has 0 amide bonds. The average Bonchev–Trinajstić information content (AvgIpc) is 3.48. The fraction of sp³-hybridized carbons (Fsp3) is 0.154. The number of pyridine rings is 1. The Bertz CT molecular complexity index is 1610. The monoisotopic (exact) mass is 616 g/mol. The van der Waals surface area contributed by atoms with Gasteiger partial charge in [-0.05, 0) is 66.8 Å². The van der Waals surface area contributed by atoms with Crippen LogP contribution in [0.4, 0.5) is 15.8 Å². The molecule has 0 unspecified atom stereocenters. The smallest absolute Gasteiger partial charge is 0.229 e. The highest BCUT2D eigenvalue weighted by atomic mass is 79.9. The first-order valence-electron chi connectivity index (χ1n) is 11.4. The fourth-order valence-corrected chi connectivity index (χ4v) is 5.63. The van der Waals surface area contributed by atoms with Gasteiger partial charge in [0.1, 0.15) is 29.1 Å². The molecule has 1 aliphatic rings. The van der Waals surface area contributed by atoms with Gasteiger partial charge in [0.15, 0.2) is 5.11 Å². The maximum atomic E-state index is 14.7.